The van der Waals surface area contributed by atoms with E-state index in [1.54, 1.807) is 0 Å². The third-order valence-electron chi connectivity index (χ3n) is 3.92. The molecule has 0 saturated carbocycles. The Kier molecular flexibility index (Phi) is 4.91. The van der Waals surface area contributed by atoms with Gasteiger partial charge >= 0.3 is 0 Å². The van der Waals surface area contributed by atoms with Crippen LogP contribution in [-0.2, 0) is 0 Å². The van der Waals surface area contributed by atoms with Crippen LogP contribution in [0.25, 0.3) is 11.4 Å². The van der Waals surface area contributed by atoms with Gasteiger partial charge in [0.05, 0.1) is 6.54 Å². The molecule has 0 saturated heterocycles. The van der Waals surface area contributed by atoms with E-state index in [1.807, 2.05) is 30.5 Å². The minimum atomic E-state index is -0.448. The number of aliphatic imine (C=N–C) groups is 1. The van der Waals surface area contributed by atoms with Crippen molar-refractivity contribution in [3.63, 3.8) is 0 Å². The summed E-state index contributed by atoms with van der Waals surface area (Å²) in [6, 6.07) is 7.90. The van der Waals surface area contributed by atoms with Crippen LogP contribution in [0.4, 0.5) is 5.82 Å². The van der Waals surface area contributed by atoms with Gasteiger partial charge in [0.25, 0.3) is 0 Å². The SMILES string of the molecule is CCCC[N+]1([O-])CN=C(SC)c2nc(-c3ccc(Br)cc3)[nH]c21. The van der Waals surface area contributed by atoms with Crippen molar-refractivity contribution in [1.29, 1.82) is 0 Å². The second kappa shape index (κ2) is 6.76. The lowest BCUT2D eigenvalue weighted by Gasteiger charge is -2.41. The predicted octanol–water partition coefficient (Wildman–Crippen LogP) is 4.53. The number of quaternary nitrogens is 1. The maximum Gasteiger partial charge on any atom is 0.237 e. The number of benzene rings is 1. The summed E-state index contributed by atoms with van der Waals surface area (Å²) in [5.41, 5.74) is 1.66. The van der Waals surface area contributed by atoms with Crippen molar-refractivity contribution in [3.05, 3.63) is 39.6 Å². The van der Waals surface area contributed by atoms with Crippen LogP contribution in [0.2, 0.25) is 0 Å². The first-order valence-corrected chi connectivity index (χ1v) is 9.62. The molecular formula is C16H19BrN4OS. The Morgan fingerprint density at radius 1 is 1.35 bits per heavy atom. The van der Waals surface area contributed by atoms with E-state index in [1.165, 1.54) is 11.8 Å². The van der Waals surface area contributed by atoms with Crippen molar-refractivity contribution >= 4 is 38.6 Å². The molecule has 1 unspecified atom stereocenters. The number of fused-ring (bicyclic) bond motifs is 1. The Morgan fingerprint density at radius 3 is 2.74 bits per heavy atom. The fourth-order valence-corrected chi connectivity index (χ4v) is 3.42. The van der Waals surface area contributed by atoms with Crippen LogP contribution in [0.15, 0.2) is 33.7 Å². The van der Waals surface area contributed by atoms with Gasteiger partial charge < -0.3 is 5.21 Å². The number of thioether (sulfide) groups is 1. The lowest BCUT2D eigenvalue weighted by molar-refractivity contribution is 0.362. The zero-order chi connectivity index (χ0) is 16.4. The highest BCUT2D eigenvalue weighted by Gasteiger charge is 2.33. The summed E-state index contributed by atoms with van der Waals surface area (Å²) in [4.78, 5) is 12.4. The number of rotatable bonds is 4. The van der Waals surface area contributed by atoms with Gasteiger partial charge in [-0.05, 0) is 24.8 Å². The lowest BCUT2D eigenvalue weighted by Crippen LogP contribution is -2.47. The Morgan fingerprint density at radius 2 is 2.09 bits per heavy atom. The van der Waals surface area contributed by atoms with Crippen LogP contribution < -0.4 is 4.65 Å². The number of aromatic nitrogens is 2. The molecule has 5 nitrogen and oxygen atoms in total. The van der Waals surface area contributed by atoms with Crippen LogP contribution in [0.5, 0.6) is 0 Å². The summed E-state index contributed by atoms with van der Waals surface area (Å²) in [5.74, 6) is 1.36. The second-order valence-electron chi connectivity index (χ2n) is 5.56. The van der Waals surface area contributed by atoms with Crippen molar-refractivity contribution in [2.24, 2.45) is 4.99 Å². The average Bonchev–Trinajstić information content (AvgIpc) is 3.01. The highest BCUT2D eigenvalue weighted by molar-refractivity contribution is 9.10. The quantitative estimate of drug-likeness (QED) is 0.611. The second-order valence-corrected chi connectivity index (χ2v) is 7.28. The highest BCUT2D eigenvalue weighted by Crippen LogP contribution is 2.34. The molecule has 0 bridgehead atoms. The van der Waals surface area contributed by atoms with Crippen LogP contribution in [0.1, 0.15) is 25.5 Å². The molecule has 2 heterocycles. The molecule has 0 amide bonds. The number of hydrogen-bond acceptors (Lipinski definition) is 4. The number of nitrogens with one attached hydrogen (secondary N) is 1. The Labute approximate surface area is 148 Å². The Bertz CT molecular complexity index is 728. The molecule has 0 radical (unpaired) electrons. The van der Waals surface area contributed by atoms with E-state index >= 15 is 0 Å². The highest BCUT2D eigenvalue weighted by atomic mass is 79.9. The third kappa shape index (κ3) is 3.24. The van der Waals surface area contributed by atoms with Gasteiger partial charge in [-0.15, -0.1) is 11.8 Å². The van der Waals surface area contributed by atoms with E-state index in [4.69, 9.17) is 0 Å². The van der Waals surface area contributed by atoms with Crippen LogP contribution >= 0.6 is 27.7 Å². The van der Waals surface area contributed by atoms with Gasteiger partial charge in [0.2, 0.25) is 5.82 Å². The van der Waals surface area contributed by atoms with Crippen LogP contribution in [-0.4, -0.2) is 34.5 Å². The van der Waals surface area contributed by atoms with E-state index in [-0.39, 0.29) is 6.67 Å². The molecule has 23 heavy (non-hydrogen) atoms. The topological polar surface area (TPSA) is 64.1 Å². The van der Waals surface area contributed by atoms with E-state index in [2.05, 4.69) is 37.8 Å². The first-order chi connectivity index (χ1) is 11.1. The summed E-state index contributed by atoms with van der Waals surface area (Å²) < 4.78 is 0.567. The molecule has 1 atom stereocenters. The lowest BCUT2D eigenvalue weighted by atomic mass is 10.2. The number of unbranched alkanes of at least 4 members (excludes halogenated alkanes) is 1. The fourth-order valence-electron chi connectivity index (χ4n) is 2.63. The number of halogens is 1. The van der Waals surface area contributed by atoms with Gasteiger partial charge in [-0.25, -0.2) is 9.98 Å². The molecule has 0 fully saturated rings. The smallest absolute Gasteiger partial charge is 0.237 e. The Balaban J connectivity index is 2.04. The van der Waals surface area contributed by atoms with Gasteiger partial charge in [0.15, 0.2) is 12.4 Å². The fraction of sp³-hybridized carbons (Fsp3) is 0.375. The van der Waals surface area contributed by atoms with Crippen molar-refractivity contribution < 1.29 is 0 Å². The number of imidazole rings is 1. The third-order valence-corrected chi connectivity index (χ3v) is 5.16. The summed E-state index contributed by atoms with van der Waals surface area (Å²) in [6.45, 7) is 2.84. The molecule has 1 aliphatic rings. The molecule has 0 spiro atoms. The molecule has 1 aromatic heterocycles. The van der Waals surface area contributed by atoms with Crippen molar-refractivity contribution in [1.82, 2.24) is 14.6 Å². The molecule has 1 aliphatic heterocycles. The molecule has 1 aromatic carbocycles. The van der Waals surface area contributed by atoms with Gasteiger partial charge in [0, 0.05) is 10.0 Å². The molecule has 3 rings (SSSR count). The largest absolute Gasteiger partial charge is 0.625 e. The summed E-state index contributed by atoms with van der Waals surface area (Å²) >= 11 is 4.97. The van der Waals surface area contributed by atoms with Gasteiger partial charge in [-0.1, -0.05) is 41.4 Å². The van der Waals surface area contributed by atoms with Crippen LogP contribution in [0.3, 0.4) is 0 Å². The molecular weight excluding hydrogens is 376 g/mol. The first-order valence-electron chi connectivity index (χ1n) is 7.61. The summed E-state index contributed by atoms with van der Waals surface area (Å²) in [6.07, 6.45) is 3.83. The summed E-state index contributed by atoms with van der Waals surface area (Å²) in [7, 11) is 0. The predicted molar refractivity (Wildman–Crippen MR) is 102 cm³/mol. The minimum absolute atomic E-state index is 0.227. The average molecular weight is 395 g/mol. The minimum Gasteiger partial charge on any atom is -0.625 e. The van der Waals surface area contributed by atoms with E-state index in [0.717, 1.165) is 33.7 Å². The number of hydroxylamine groups is 2. The summed E-state index contributed by atoms with van der Waals surface area (Å²) in [5, 5.41) is 14.0. The standard InChI is InChI=1S/C16H19BrN4OS/c1-3-4-9-21(22)10-18-16(23-2)13-15(21)20-14(19-13)11-5-7-12(17)8-6-11/h5-8H,3-4,9-10H2,1-2H3,(H,19,20). The van der Waals surface area contributed by atoms with Crippen molar-refractivity contribution in [3.8, 4) is 11.4 Å². The zero-order valence-corrected chi connectivity index (χ0v) is 15.6. The number of aromatic amines is 1. The van der Waals surface area contributed by atoms with E-state index < -0.39 is 4.65 Å². The van der Waals surface area contributed by atoms with E-state index in [0.29, 0.717) is 18.1 Å². The molecule has 7 heteroatoms. The van der Waals surface area contributed by atoms with Gasteiger partial charge in [-0.3, -0.25) is 9.63 Å². The monoisotopic (exact) mass is 394 g/mol. The maximum atomic E-state index is 13.2. The van der Waals surface area contributed by atoms with Crippen LogP contribution in [0, 0.1) is 5.21 Å². The van der Waals surface area contributed by atoms with Gasteiger partial charge in [0.1, 0.15) is 10.9 Å². The van der Waals surface area contributed by atoms with Crippen molar-refractivity contribution in [2.75, 3.05) is 19.5 Å². The molecule has 122 valence electrons. The maximum absolute atomic E-state index is 13.2. The molecule has 0 aliphatic carbocycles. The normalized spacial score (nSPS) is 20.3. The van der Waals surface area contributed by atoms with Gasteiger partial charge in [-0.2, -0.15) is 0 Å². The zero-order valence-electron chi connectivity index (χ0n) is 13.2. The van der Waals surface area contributed by atoms with Crippen molar-refractivity contribution in [2.45, 2.75) is 19.8 Å². The Hall–Kier alpha value is -1.15. The number of nitrogens with zero attached hydrogens (tertiary/aromatic N) is 3. The van der Waals surface area contributed by atoms with E-state index in [9.17, 15) is 5.21 Å². The number of hydrogen-bond donors (Lipinski definition) is 1. The molecule has 2 aromatic rings. The molecule has 1 N–H and O–H groups in total. The number of H-pyrrole nitrogens is 1. The first kappa shape index (κ1) is 16.7.